The van der Waals surface area contributed by atoms with Crippen LogP contribution in [0.15, 0.2) is 60.7 Å². The molecule has 2 nitrogen and oxygen atoms in total. The van der Waals surface area contributed by atoms with Crippen LogP contribution in [0.4, 0.5) is 0 Å². The molecule has 0 aliphatic rings. The molecule has 0 atom stereocenters. The molecule has 0 N–H and O–H groups in total. The van der Waals surface area contributed by atoms with Crippen LogP contribution in [0.2, 0.25) is 0 Å². The van der Waals surface area contributed by atoms with E-state index in [4.69, 9.17) is 4.74 Å². The number of rotatable bonds is 4. The molecule has 0 heterocycles. The summed E-state index contributed by atoms with van der Waals surface area (Å²) in [6.07, 6.45) is 0. The first-order valence-corrected chi connectivity index (χ1v) is 7.25. The molecular formula is C19H22O2. The van der Waals surface area contributed by atoms with Crippen LogP contribution in [0.5, 0.6) is 0 Å². The molecule has 2 heteroatoms. The summed E-state index contributed by atoms with van der Waals surface area (Å²) in [5.74, 6) is -0.0990. The normalized spacial score (nSPS) is 11.4. The molecule has 0 aliphatic carbocycles. The average Bonchev–Trinajstić information content (AvgIpc) is 2.48. The van der Waals surface area contributed by atoms with E-state index in [-0.39, 0.29) is 11.9 Å². The zero-order valence-corrected chi connectivity index (χ0v) is 12.9. The first-order chi connectivity index (χ1) is 9.98. The third kappa shape index (κ3) is 4.19. The SMILES string of the molecule is CC(C)(C)C(=O)OCC(c1ccccc1)c1ccccc1. The third-order valence-corrected chi connectivity index (χ3v) is 3.40. The predicted molar refractivity (Wildman–Crippen MR) is 85.1 cm³/mol. The lowest BCUT2D eigenvalue weighted by molar-refractivity contribution is -0.153. The standard InChI is InChI=1S/C19H22O2/c1-19(2,3)18(20)21-14-17(15-10-6-4-7-11-15)16-12-8-5-9-13-16/h4-13,17H,14H2,1-3H3. The molecule has 2 aromatic carbocycles. The average molecular weight is 282 g/mol. The summed E-state index contributed by atoms with van der Waals surface area (Å²) < 4.78 is 5.54. The van der Waals surface area contributed by atoms with E-state index in [2.05, 4.69) is 24.3 Å². The number of esters is 1. The van der Waals surface area contributed by atoms with Gasteiger partial charge in [-0.05, 0) is 31.9 Å². The lowest BCUT2D eigenvalue weighted by Gasteiger charge is -2.22. The summed E-state index contributed by atoms with van der Waals surface area (Å²) in [7, 11) is 0. The van der Waals surface area contributed by atoms with Crippen molar-refractivity contribution in [2.45, 2.75) is 26.7 Å². The summed E-state index contributed by atoms with van der Waals surface area (Å²) in [5.41, 5.74) is 1.84. The van der Waals surface area contributed by atoms with Crippen molar-refractivity contribution in [3.8, 4) is 0 Å². The Morgan fingerprint density at radius 1 is 0.905 bits per heavy atom. The molecule has 21 heavy (non-hydrogen) atoms. The monoisotopic (exact) mass is 282 g/mol. The zero-order valence-electron chi connectivity index (χ0n) is 12.9. The second-order valence-electron chi connectivity index (χ2n) is 6.22. The van der Waals surface area contributed by atoms with Crippen LogP contribution in [0.25, 0.3) is 0 Å². The molecular weight excluding hydrogens is 260 g/mol. The van der Waals surface area contributed by atoms with E-state index in [0.29, 0.717) is 6.61 Å². The van der Waals surface area contributed by atoms with Gasteiger partial charge in [-0.1, -0.05) is 60.7 Å². The van der Waals surface area contributed by atoms with E-state index in [1.54, 1.807) is 0 Å². The Morgan fingerprint density at radius 3 is 1.71 bits per heavy atom. The zero-order chi connectivity index (χ0) is 15.3. The van der Waals surface area contributed by atoms with Crippen molar-refractivity contribution >= 4 is 5.97 Å². The number of hydrogen-bond donors (Lipinski definition) is 0. The van der Waals surface area contributed by atoms with Crippen molar-refractivity contribution < 1.29 is 9.53 Å². The fourth-order valence-electron chi connectivity index (χ4n) is 2.13. The Bertz CT molecular complexity index is 528. The van der Waals surface area contributed by atoms with Crippen molar-refractivity contribution in [2.24, 2.45) is 5.41 Å². The number of carbonyl (C=O) groups is 1. The minimum Gasteiger partial charge on any atom is -0.464 e. The van der Waals surface area contributed by atoms with E-state index < -0.39 is 5.41 Å². The highest BCUT2D eigenvalue weighted by molar-refractivity contribution is 5.75. The molecule has 0 unspecified atom stereocenters. The summed E-state index contributed by atoms with van der Waals surface area (Å²) in [6.45, 7) is 5.98. The third-order valence-electron chi connectivity index (χ3n) is 3.40. The molecule has 2 rings (SSSR count). The van der Waals surface area contributed by atoms with Crippen molar-refractivity contribution in [2.75, 3.05) is 6.61 Å². The van der Waals surface area contributed by atoms with Gasteiger partial charge in [-0.25, -0.2) is 0 Å². The van der Waals surface area contributed by atoms with Crippen LogP contribution in [0.3, 0.4) is 0 Å². The first-order valence-electron chi connectivity index (χ1n) is 7.25. The first kappa shape index (κ1) is 15.3. The number of carbonyl (C=O) groups excluding carboxylic acids is 1. The second-order valence-corrected chi connectivity index (χ2v) is 6.22. The van der Waals surface area contributed by atoms with Gasteiger partial charge in [-0.15, -0.1) is 0 Å². The topological polar surface area (TPSA) is 26.3 Å². The highest BCUT2D eigenvalue weighted by atomic mass is 16.5. The van der Waals surface area contributed by atoms with Gasteiger partial charge in [0.1, 0.15) is 6.61 Å². The molecule has 0 spiro atoms. The molecule has 110 valence electrons. The molecule has 0 radical (unpaired) electrons. The fraction of sp³-hybridized carbons (Fsp3) is 0.316. The van der Waals surface area contributed by atoms with Crippen molar-refractivity contribution in [3.63, 3.8) is 0 Å². The van der Waals surface area contributed by atoms with Gasteiger partial charge in [0, 0.05) is 5.92 Å². The minimum absolute atomic E-state index is 0.0682. The Kier molecular flexibility index (Phi) is 4.79. The van der Waals surface area contributed by atoms with Crippen LogP contribution in [0, 0.1) is 5.41 Å². The summed E-state index contributed by atoms with van der Waals surface area (Å²) >= 11 is 0. The molecule has 0 fully saturated rings. The Hall–Kier alpha value is -2.09. The highest BCUT2D eigenvalue weighted by Crippen LogP contribution is 2.26. The highest BCUT2D eigenvalue weighted by Gasteiger charge is 2.25. The molecule has 0 amide bonds. The van der Waals surface area contributed by atoms with Crippen molar-refractivity contribution in [1.29, 1.82) is 0 Å². The van der Waals surface area contributed by atoms with Crippen LogP contribution in [-0.2, 0) is 9.53 Å². The maximum atomic E-state index is 12.0. The van der Waals surface area contributed by atoms with E-state index in [1.807, 2.05) is 57.2 Å². The van der Waals surface area contributed by atoms with Gasteiger partial charge in [0.2, 0.25) is 0 Å². The van der Waals surface area contributed by atoms with Crippen LogP contribution in [-0.4, -0.2) is 12.6 Å². The quantitative estimate of drug-likeness (QED) is 0.776. The number of benzene rings is 2. The summed E-state index contributed by atoms with van der Waals surface area (Å²) in [4.78, 5) is 12.0. The van der Waals surface area contributed by atoms with Crippen molar-refractivity contribution in [3.05, 3.63) is 71.8 Å². The van der Waals surface area contributed by atoms with E-state index in [1.165, 1.54) is 0 Å². The second kappa shape index (κ2) is 6.57. The van der Waals surface area contributed by atoms with Gasteiger partial charge in [0.15, 0.2) is 0 Å². The van der Waals surface area contributed by atoms with Gasteiger partial charge < -0.3 is 4.74 Å². The summed E-state index contributed by atoms with van der Waals surface area (Å²) in [5, 5.41) is 0. The molecule has 0 saturated heterocycles. The smallest absolute Gasteiger partial charge is 0.311 e. The Labute approximate surface area is 126 Å². The number of ether oxygens (including phenoxy) is 1. The van der Waals surface area contributed by atoms with E-state index >= 15 is 0 Å². The van der Waals surface area contributed by atoms with Crippen LogP contribution >= 0.6 is 0 Å². The van der Waals surface area contributed by atoms with Gasteiger partial charge in [-0.3, -0.25) is 4.79 Å². The molecule has 0 saturated carbocycles. The maximum absolute atomic E-state index is 12.0. The van der Waals surface area contributed by atoms with Crippen LogP contribution in [0.1, 0.15) is 37.8 Å². The summed E-state index contributed by atoms with van der Waals surface area (Å²) in [6, 6.07) is 20.3. The van der Waals surface area contributed by atoms with Gasteiger partial charge in [0.05, 0.1) is 5.41 Å². The molecule has 0 aliphatic heterocycles. The largest absolute Gasteiger partial charge is 0.464 e. The predicted octanol–water partition coefficient (Wildman–Crippen LogP) is 4.41. The van der Waals surface area contributed by atoms with Gasteiger partial charge in [-0.2, -0.15) is 0 Å². The maximum Gasteiger partial charge on any atom is 0.311 e. The number of hydrogen-bond acceptors (Lipinski definition) is 2. The lowest BCUT2D eigenvalue weighted by atomic mass is 9.92. The Balaban J connectivity index is 2.20. The van der Waals surface area contributed by atoms with Gasteiger partial charge in [0.25, 0.3) is 0 Å². The van der Waals surface area contributed by atoms with Gasteiger partial charge >= 0.3 is 5.97 Å². The molecule has 2 aromatic rings. The van der Waals surface area contributed by atoms with Crippen molar-refractivity contribution in [1.82, 2.24) is 0 Å². The molecule has 0 bridgehead atoms. The Morgan fingerprint density at radius 2 is 1.33 bits per heavy atom. The van der Waals surface area contributed by atoms with Crippen LogP contribution < -0.4 is 0 Å². The van der Waals surface area contributed by atoms with E-state index in [0.717, 1.165) is 11.1 Å². The lowest BCUT2D eigenvalue weighted by Crippen LogP contribution is -2.25. The molecule has 0 aromatic heterocycles. The fourth-order valence-corrected chi connectivity index (χ4v) is 2.13. The minimum atomic E-state index is -0.474. The van der Waals surface area contributed by atoms with E-state index in [9.17, 15) is 4.79 Å².